The SMILES string of the molecule is CC(C)(CNC(=O)C#N)c1ccc2c(c1)OCCO2. The lowest BCUT2D eigenvalue weighted by Gasteiger charge is -2.27. The standard InChI is InChI=1S/C14H16N2O3/c1-14(2,9-16-13(17)8-15)10-3-4-11-12(7-10)19-6-5-18-11/h3-4,7H,5-6,9H2,1-2H3,(H,16,17). The number of hydrogen-bond acceptors (Lipinski definition) is 4. The summed E-state index contributed by atoms with van der Waals surface area (Å²) in [6, 6.07) is 7.29. The normalized spacial score (nSPS) is 13.5. The summed E-state index contributed by atoms with van der Waals surface area (Å²) in [5, 5.41) is 11.0. The number of hydrogen-bond donors (Lipinski definition) is 1. The molecule has 100 valence electrons. The van der Waals surface area contributed by atoms with Crippen molar-refractivity contribution in [2.75, 3.05) is 19.8 Å². The first kappa shape index (κ1) is 13.2. The highest BCUT2D eigenvalue weighted by molar-refractivity contribution is 5.91. The minimum Gasteiger partial charge on any atom is -0.486 e. The molecule has 0 saturated heterocycles. The van der Waals surface area contributed by atoms with E-state index in [1.807, 2.05) is 32.0 Å². The summed E-state index contributed by atoms with van der Waals surface area (Å²) in [5.41, 5.74) is 0.734. The Labute approximate surface area is 112 Å². The number of benzene rings is 1. The van der Waals surface area contributed by atoms with Crippen molar-refractivity contribution in [2.45, 2.75) is 19.3 Å². The number of carbonyl (C=O) groups is 1. The van der Waals surface area contributed by atoms with Crippen LogP contribution < -0.4 is 14.8 Å². The molecule has 1 N–H and O–H groups in total. The van der Waals surface area contributed by atoms with Crippen molar-refractivity contribution in [3.63, 3.8) is 0 Å². The Hall–Kier alpha value is -2.22. The number of amides is 1. The topological polar surface area (TPSA) is 71.4 Å². The minimum absolute atomic E-state index is 0.289. The van der Waals surface area contributed by atoms with Crippen LogP contribution in [0.15, 0.2) is 18.2 Å². The number of nitrogens with zero attached hydrogens (tertiary/aromatic N) is 1. The molecule has 19 heavy (non-hydrogen) atoms. The van der Waals surface area contributed by atoms with E-state index >= 15 is 0 Å². The molecule has 0 atom stereocenters. The zero-order valence-corrected chi connectivity index (χ0v) is 11.0. The molecular formula is C14H16N2O3. The van der Waals surface area contributed by atoms with Gasteiger partial charge in [0.1, 0.15) is 13.2 Å². The average Bonchev–Trinajstić information content (AvgIpc) is 2.44. The number of fused-ring (bicyclic) bond motifs is 1. The molecule has 0 bridgehead atoms. The molecule has 1 amide bonds. The lowest BCUT2D eigenvalue weighted by Crippen LogP contribution is -2.36. The maximum Gasteiger partial charge on any atom is 0.322 e. The Morgan fingerprint density at radius 2 is 2.05 bits per heavy atom. The summed E-state index contributed by atoms with van der Waals surface area (Å²) in [5.74, 6) is 0.848. The van der Waals surface area contributed by atoms with Gasteiger partial charge in [0, 0.05) is 12.0 Å². The van der Waals surface area contributed by atoms with Gasteiger partial charge in [-0.05, 0) is 17.7 Å². The van der Waals surface area contributed by atoms with Gasteiger partial charge in [-0.25, -0.2) is 0 Å². The van der Waals surface area contributed by atoms with Crippen LogP contribution >= 0.6 is 0 Å². The summed E-state index contributed by atoms with van der Waals surface area (Å²) in [6.45, 7) is 5.49. The van der Waals surface area contributed by atoms with E-state index in [-0.39, 0.29) is 5.41 Å². The molecule has 1 aliphatic heterocycles. The lowest BCUT2D eigenvalue weighted by molar-refractivity contribution is -0.116. The largest absolute Gasteiger partial charge is 0.486 e. The van der Waals surface area contributed by atoms with Gasteiger partial charge in [0.25, 0.3) is 0 Å². The van der Waals surface area contributed by atoms with Gasteiger partial charge < -0.3 is 14.8 Å². The van der Waals surface area contributed by atoms with Crippen molar-refractivity contribution in [2.24, 2.45) is 0 Å². The Morgan fingerprint density at radius 1 is 1.37 bits per heavy atom. The molecule has 0 unspecified atom stereocenters. The first-order valence-corrected chi connectivity index (χ1v) is 6.11. The highest BCUT2D eigenvalue weighted by atomic mass is 16.6. The molecular weight excluding hydrogens is 244 g/mol. The molecule has 0 fully saturated rings. The van der Waals surface area contributed by atoms with Crippen LogP contribution in [0.4, 0.5) is 0 Å². The van der Waals surface area contributed by atoms with E-state index in [9.17, 15) is 4.79 Å². The zero-order chi connectivity index (χ0) is 13.9. The minimum atomic E-state index is -0.620. The molecule has 5 nitrogen and oxygen atoms in total. The number of nitrogens with one attached hydrogen (secondary N) is 1. The summed E-state index contributed by atoms with van der Waals surface area (Å²) in [6.07, 6.45) is 0. The van der Waals surface area contributed by atoms with Crippen molar-refractivity contribution >= 4 is 5.91 Å². The van der Waals surface area contributed by atoms with Crippen molar-refractivity contribution < 1.29 is 14.3 Å². The fraction of sp³-hybridized carbons (Fsp3) is 0.429. The quantitative estimate of drug-likeness (QED) is 0.833. The number of ether oxygens (including phenoxy) is 2. The van der Waals surface area contributed by atoms with Crippen molar-refractivity contribution in [1.82, 2.24) is 5.32 Å². The molecule has 1 heterocycles. The molecule has 1 aliphatic rings. The number of carbonyl (C=O) groups excluding carboxylic acids is 1. The second kappa shape index (κ2) is 5.19. The Balaban J connectivity index is 2.16. The number of nitriles is 1. The van der Waals surface area contributed by atoms with E-state index < -0.39 is 5.91 Å². The van der Waals surface area contributed by atoms with Gasteiger partial charge in [-0.2, -0.15) is 5.26 Å². The van der Waals surface area contributed by atoms with E-state index in [2.05, 4.69) is 5.32 Å². The van der Waals surface area contributed by atoms with Gasteiger partial charge in [-0.1, -0.05) is 19.9 Å². The fourth-order valence-corrected chi connectivity index (χ4v) is 1.91. The van der Waals surface area contributed by atoms with Crippen LogP contribution in [-0.2, 0) is 10.2 Å². The van der Waals surface area contributed by atoms with E-state index in [0.29, 0.717) is 19.8 Å². The summed E-state index contributed by atoms with van der Waals surface area (Å²) in [4.78, 5) is 11.0. The Bertz CT molecular complexity index is 532. The molecule has 0 aromatic heterocycles. The van der Waals surface area contributed by atoms with Crippen LogP contribution in [0.5, 0.6) is 11.5 Å². The fourth-order valence-electron chi connectivity index (χ4n) is 1.91. The van der Waals surface area contributed by atoms with Crippen LogP contribution in [0.2, 0.25) is 0 Å². The molecule has 1 aromatic carbocycles. The summed E-state index contributed by atoms with van der Waals surface area (Å²) >= 11 is 0. The second-order valence-corrected chi connectivity index (χ2v) is 5.04. The van der Waals surface area contributed by atoms with Crippen LogP contribution in [-0.4, -0.2) is 25.7 Å². The molecule has 0 saturated carbocycles. The van der Waals surface area contributed by atoms with Gasteiger partial charge in [0.05, 0.1) is 0 Å². The Kier molecular flexibility index (Phi) is 3.61. The summed E-state index contributed by atoms with van der Waals surface area (Å²) < 4.78 is 11.0. The van der Waals surface area contributed by atoms with Gasteiger partial charge in [-0.15, -0.1) is 0 Å². The zero-order valence-electron chi connectivity index (χ0n) is 11.0. The van der Waals surface area contributed by atoms with Crippen LogP contribution in [0.25, 0.3) is 0 Å². The van der Waals surface area contributed by atoms with Gasteiger partial charge in [0.15, 0.2) is 17.6 Å². The van der Waals surface area contributed by atoms with E-state index in [0.717, 1.165) is 17.1 Å². The van der Waals surface area contributed by atoms with E-state index in [4.69, 9.17) is 14.7 Å². The molecule has 0 radical (unpaired) electrons. The molecule has 2 rings (SSSR count). The average molecular weight is 260 g/mol. The summed E-state index contributed by atoms with van der Waals surface area (Å²) in [7, 11) is 0. The van der Waals surface area contributed by atoms with Crippen molar-refractivity contribution in [1.29, 1.82) is 5.26 Å². The smallest absolute Gasteiger partial charge is 0.322 e. The van der Waals surface area contributed by atoms with Crippen LogP contribution in [0, 0.1) is 11.3 Å². The van der Waals surface area contributed by atoms with Crippen LogP contribution in [0.3, 0.4) is 0 Å². The van der Waals surface area contributed by atoms with Gasteiger partial charge in [0.2, 0.25) is 0 Å². The van der Waals surface area contributed by atoms with Crippen molar-refractivity contribution in [3.8, 4) is 17.6 Å². The first-order valence-electron chi connectivity index (χ1n) is 6.11. The van der Waals surface area contributed by atoms with Crippen LogP contribution in [0.1, 0.15) is 19.4 Å². The van der Waals surface area contributed by atoms with Gasteiger partial charge in [-0.3, -0.25) is 4.79 Å². The third kappa shape index (κ3) is 2.97. The van der Waals surface area contributed by atoms with E-state index in [1.54, 1.807) is 6.07 Å². The van der Waals surface area contributed by atoms with E-state index in [1.165, 1.54) is 0 Å². The maximum atomic E-state index is 11.0. The second-order valence-electron chi connectivity index (χ2n) is 5.04. The third-order valence-electron chi connectivity index (χ3n) is 3.12. The van der Waals surface area contributed by atoms with Gasteiger partial charge >= 0.3 is 5.91 Å². The number of rotatable bonds is 3. The first-order chi connectivity index (χ1) is 9.03. The molecule has 1 aromatic rings. The lowest BCUT2D eigenvalue weighted by atomic mass is 9.84. The van der Waals surface area contributed by atoms with Crippen molar-refractivity contribution in [3.05, 3.63) is 23.8 Å². The highest BCUT2D eigenvalue weighted by Gasteiger charge is 2.24. The maximum absolute atomic E-state index is 11.0. The molecule has 0 spiro atoms. The monoisotopic (exact) mass is 260 g/mol. The molecule has 0 aliphatic carbocycles. The third-order valence-corrected chi connectivity index (χ3v) is 3.12. The predicted molar refractivity (Wildman–Crippen MR) is 69.1 cm³/mol. The predicted octanol–water partition coefficient (Wildman–Crippen LogP) is 1.38. The highest BCUT2D eigenvalue weighted by Crippen LogP contribution is 2.34. The Morgan fingerprint density at radius 3 is 2.74 bits per heavy atom. The molecule has 5 heteroatoms.